The Labute approximate surface area is 80.9 Å². The molecular weight excluding hydrogens is 160 g/mol. The number of carbonyl (C=O) groups is 1. The van der Waals surface area contributed by atoms with Gasteiger partial charge in [0.15, 0.2) is 0 Å². The zero-order valence-corrected chi connectivity index (χ0v) is 8.43. The number of ketones is 1. The van der Waals surface area contributed by atoms with E-state index in [4.69, 9.17) is 0 Å². The number of Topliss-reactive ketones (excluding diaryl/α,β-unsaturated/α-hetero) is 1. The van der Waals surface area contributed by atoms with Crippen molar-refractivity contribution in [3.8, 4) is 0 Å². The first kappa shape index (κ1) is 9.23. The van der Waals surface area contributed by atoms with Gasteiger partial charge in [-0.1, -0.05) is 25.7 Å². The largest absolute Gasteiger partial charge is 0.299 e. The molecule has 2 aliphatic carbocycles. The topological polar surface area (TPSA) is 17.1 Å². The van der Waals surface area contributed by atoms with E-state index in [0.717, 1.165) is 18.8 Å². The lowest BCUT2D eigenvalue weighted by Gasteiger charge is -2.31. The van der Waals surface area contributed by atoms with Gasteiger partial charge in [0.25, 0.3) is 0 Å². The number of rotatable bonds is 1. The zero-order valence-electron chi connectivity index (χ0n) is 8.43. The lowest BCUT2D eigenvalue weighted by molar-refractivity contribution is -0.126. The van der Waals surface area contributed by atoms with E-state index in [1.54, 1.807) is 0 Å². The molecule has 2 rings (SSSR count). The summed E-state index contributed by atoms with van der Waals surface area (Å²) in [6.07, 6.45) is 11.3. The number of carbonyl (C=O) groups excluding carboxylic acids is 1. The van der Waals surface area contributed by atoms with Crippen molar-refractivity contribution in [2.75, 3.05) is 0 Å². The summed E-state index contributed by atoms with van der Waals surface area (Å²) in [6.45, 7) is 0. The van der Waals surface area contributed by atoms with Gasteiger partial charge < -0.3 is 0 Å². The average molecular weight is 180 g/mol. The maximum atomic E-state index is 11.7. The summed E-state index contributed by atoms with van der Waals surface area (Å²) < 4.78 is 0. The van der Waals surface area contributed by atoms with Crippen LogP contribution in [-0.2, 0) is 4.79 Å². The van der Waals surface area contributed by atoms with Crippen LogP contribution >= 0.6 is 0 Å². The van der Waals surface area contributed by atoms with Crippen molar-refractivity contribution in [1.29, 1.82) is 0 Å². The first-order valence-corrected chi connectivity index (χ1v) is 5.90. The van der Waals surface area contributed by atoms with E-state index in [1.807, 2.05) is 0 Å². The second kappa shape index (κ2) is 4.26. The summed E-state index contributed by atoms with van der Waals surface area (Å²) in [5, 5.41) is 0. The van der Waals surface area contributed by atoms with Crippen molar-refractivity contribution in [3.05, 3.63) is 0 Å². The van der Waals surface area contributed by atoms with Crippen LogP contribution in [0.5, 0.6) is 0 Å². The van der Waals surface area contributed by atoms with Crippen LogP contribution in [-0.4, -0.2) is 5.78 Å². The molecule has 1 heteroatoms. The van der Waals surface area contributed by atoms with Crippen LogP contribution in [0.25, 0.3) is 0 Å². The minimum Gasteiger partial charge on any atom is -0.299 e. The molecule has 2 fully saturated rings. The van der Waals surface area contributed by atoms with Crippen LogP contribution in [0.1, 0.15) is 57.8 Å². The molecule has 2 aliphatic rings. The highest BCUT2D eigenvalue weighted by Gasteiger charge is 2.30. The lowest BCUT2D eigenvalue weighted by atomic mass is 9.73. The molecule has 0 bridgehead atoms. The number of hydrogen-bond donors (Lipinski definition) is 0. The molecule has 0 aromatic rings. The van der Waals surface area contributed by atoms with Crippen LogP contribution in [0.4, 0.5) is 0 Å². The highest BCUT2D eigenvalue weighted by atomic mass is 16.1. The van der Waals surface area contributed by atoms with Gasteiger partial charge in [0.1, 0.15) is 5.78 Å². The van der Waals surface area contributed by atoms with Crippen molar-refractivity contribution in [3.63, 3.8) is 0 Å². The highest BCUT2D eigenvalue weighted by molar-refractivity contribution is 5.81. The molecule has 13 heavy (non-hydrogen) atoms. The molecule has 0 radical (unpaired) electrons. The molecule has 1 nitrogen and oxygen atoms in total. The Balaban J connectivity index is 1.92. The third-order valence-corrected chi connectivity index (χ3v) is 3.82. The van der Waals surface area contributed by atoms with E-state index in [0.29, 0.717) is 11.7 Å². The fourth-order valence-electron chi connectivity index (χ4n) is 3.04. The molecule has 0 aromatic carbocycles. The van der Waals surface area contributed by atoms with Crippen molar-refractivity contribution < 1.29 is 4.79 Å². The zero-order chi connectivity index (χ0) is 9.10. The Morgan fingerprint density at radius 1 is 0.846 bits per heavy atom. The molecule has 74 valence electrons. The molecule has 0 heterocycles. The molecule has 1 unspecified atom stereocenters. The Bertz CT molecular complexity index is 180. The van der Waals surface area contributed by atoms with Gasteiger partial charge in [0, 0.05) is 12.3 Å². The van der Waals surface area contributed by atoms with E-state index in [2.05, 4.69) is 0 Å². The van der Waals surface area contributed by atoms with Gasteiger partial charge in [-0.3, -0.25) is 4.79 Å². The Kier molecular flexibility index (Phi) is 3.02. The standard InChI is InChI=1S/C12H20O/c13-12-9-5-4-8-11(12)10-6-2-1-3-7-10/h10-11H,1-9H2. The Hall–Kier alpha value is -0.330. The highest BCUT2D eigenvalue weighted by Crippen LogP contribution is 2.36. The van der Waals surface area contributed by atoms with E-state index >= 15 is 0 Å². The summed E-state index contributed by atoms with van der Waals surface area (Å²) in [5.41, 5.74) is 0. The quantitative estimate of drug-likeness (QED) is 0.605. The molecule has 0 saturated heterocycles. The normalized spacial score (nSPS) is 32.0. The average Bonchev–Trinajstić information content (AvgIpc) is 2.20. The third-order valence-electron chi connectivity index (χ3n) is 3.82. The molecule has 2 saturated carbocycles. The van der Waals surface area contributed by atoms with E-state index in [-0.39, 0.29) is 0 Å². The van der Waals surface area contributed by atoms with Crippen LogP contribution in [0.3, 0.4) is 0 Å². The second-order valence-corrected chi connectivity index (χ2v) is 4.72. The van der Waals surface area contributed by atoms with Crippen LogP contribution < -0.4 is 0 Å². The van der Waals surface area contributed by atoms with Gasteiger partial charge in [-0.2, -0.15) is 0 Å². The molecular formula is C12H20O. The van der Waals surface area contributed by atoms with Crippen LogP contribution in [0, 0.1) is 11.8 Å². The van der Waals surface area contributed by atoms with E-state index in [9.17, 15) is 4.79 Å². The Morgan fingerprint density at radius 3 is 2.23 bits per heavy atom. The monoisotopic (exact) mass is 180 g/mol. The van der Waals surface area contributed by atoms with Crippen molar-refractivity contribution in [2.24, 2.45) is 11.8 Å². The maximum Gasteiger partial charge on any atom is 0.136 e. The third kappa shape index (κ3) is 2.12. The Morgan fingerprint density at radius 2 is 1.54 bits per heavy atom. The summed E-state index contributed by atoms with van der Waals surface area (Å²) >= 11 is 0. The fraction of sp³-hybridized carbons (Fsp3) is 0.917. The van der Waals surface area contributed by atoms with Crippen molar-refractivity contribution in [2.45, 2.75) is 57.8 Å². The smallest absolute Gasteiger partial charge is 0.136 e. The summed E-state index contributed by atoms with van der Waals surface area (Å²) in [6, 6.07) is 0. The van der Waals surface area contributed by atoms with Crippen molar-refractivity contribution >= 4 is 5.78 Å². The minimum absolute atomic E-state index is 0.467. The SMILES string of the molecule is O=C1CCCCC1C1CCCCC1. The molecule has 0 N–H and O–H groups in total. The molecule has 0 aliphatic heterocycles. The van der Waals surface area contributed by atoms with Crippen LogP contribution in [0.2, 0.25) is 0 Å². The van der Waals surface area contributed by atoms with Gasteiger partial charge in [0.05, 0.1) is 0 Å². The molecule has 0 aromatic heterocycles. The first-order valence-electron chi connectivity index (χ1n) is 5.90. The van der Waals surface area contributed by atoms with Gasteiger partial charge in [-0.25, -0.2) is 0 Å². The maximum absolute atomic E-state index is 11.7. The van der Waals surface area contributed by atoms with Gasteiger partial charge >= 0.3 is 0 Å². The molecule has 1 atom stereocenters. The predicted octanol–water partition coefficient (Wildman–Crippen LogP) is 3.33. The molecule has 0 amide bonds. The summed E-state index contributed by atoms with van der Waals surface area (Å²) in [5.74, 6) is 1.81. The van der Waals surface area contributed by atoms with Crippen molar-refractivity contribution in [1.82, 2.24) is 0 Å². The fourth-order valence-corrected chi connectivity index (χ4v) is 3.04. The van der Waals surface area contributed by atoms with Gasteiger partial charge in [-0.15, -0.1) is 0 Å². The lowest BCUT2D eigenvalue weighted by Crippen LogP contribution is -2.28. The predicted molar refractivity (Wildman–Crippen MR) is 53.5 cm³/mol. The first-order chi connectivity index (χ1) is 6.38. The summed E-state index contributed by atoms with van der Waals surface area (Å²) in [7, 11) is 0. The number of hydrogen-bond acceptors (Lipinski definition) is 1. The van der Waals surface area contributed by atoms with Gasteiger partial charge in [-0.05, 0) is 31.6 Å². The van der Waals surface area contributed by atoms with Crippen LogP contribution in [0.15, 0.2) is 0 Å². The van der Waals surface area contributed by atoms with E-state index < -0.39 is 0 Å². The van der Waals surface area contributed by atoms with Gasteiger partial charge in [0.2, 0.25) is 0 Å². The van der Waals surface area contributed by atoms with E-state index in [1.165, 1.54) is 44.9 Å². The summed E-state index contributed by atoms with van der Waals surface area (Å²) in [4.78, 5) is 11.7. The minimum atomic E-state index is 0.467. The molecule has 0 spiro atoms. The second-order valence-electron chi connectivity index (χ2n) is 4.72.